The van der Waals surface area contributed by atoms with Crippen LogP contribution in [0.4, 0.5) is 16.2 Å². The summed E-state index contributed by atoms with van der Waals surface area (Å²) in [5.41, 5.74) is 2.56. The number of aryl methyl sites for hydroxylation is 1. The SMILES string of the molecule is CCCc1ccc(OCNC(=O)Nc2ccc(NC(C)=O)cc2)cc1. The van der Waals surface area contributed by atoms with Crippen molar-refractivity contribution in [3.8, 4) is 5.75 Å². The van der Waals surface area contributed by atoms with Crippen molar-refractivity contribution in [1.82, 2.24) is 5.32 Å². The van der Waals surface area contributed by atoms with Crippen LogP contribution in [0, 0.1) is 0 Å². The number of nitrogens with one attached hydrogen (secondary N) is 3. The van der Waals surface area contributed by atoms with E-state index in [1.165, 1.54) is 12.5 Å². The van der Waals surface area contributed by atoms with Crippen molar-refractivity contribution < 1.29 is 14.3 Å². The lowest BCUT2D eigenvalue weighted by molar-refractivity contribution is -0.114. The molecule has 6 nitrogen and oxygen atoms in total. The lowest BCUT2D eigenvalue weighted by atomic mass is 10.1. The van der Waals surface area contributed by atoms with E-state index in [2.05, 4.69) is 22.9 Å². The molecule has 0 atom stereocenters. The molecule has 0 saturated heterocycles. The molecule has 0 heterocycles. The predicted molar refractivity (Wildman–Crippen MR) is 98.8 cm³/mol. The maximum atomic E-state index is 11.8. The number of ether oxygens (including phenoxy) is 1. The molecule has 0 spiro atoms. The number of carbonyl (C=O) groups is 2. The van der Waals surface area contributed by atoms with Crippen LogP contribution >= 0.6 is 0 Å². The third-order valence-electron chi connectivity index (χ3n) is 3.40. The summed E-state index contributed by atoms with van der Waals surface area (Å²) in [6, 6.07) is 14.3. The molecule has 0 unspecified atom stereocenters. The van der Waals surface area contributed by atoms with Crippen molar-refractivity contribution >= 4 is 23.3 Å². The lowest BCUT2D eigenvalue weighted by Gasteiger charge is -2.10. The third kappa shape index (κ3) is 6.55. The summed E-state index contributed by atoms with van der Waals surface area (Å²) in [5.74, 6) is 0.568. The van der Waals surface area contributed by atoms with Gasteiger partial charge in [-0.2, -0.15) is 0 Å². The molecule has 0 radical (unpaired) electrons. The fourth-order valence-electron chi connectivity index (χ4n) is 2.24. The summed E-state index contributed by atoms with van der Waals surface area (Å²) in [6.45, 7) is 3.65. The molecule has 6 heteroatoms. The molecule has 3 amide bonds. The Morgan fingerprint density at radius 2 is 1.52 bits per heavy atom. The van der Waals surface area contributed by atoms with Crippen molar-refractivity contribution in [2.45, 2.75) is 26.7 Å². The Balaban J connectivity index is 1.74. The minimum absolute atomic E-state index is 0.0724. The summed E-state index contributed by atoms with van der Waals surface area (Å²) in [7, 11) is 0. The van der Waals surface area contributed by atoms with E-state index in [9.17, 15) is 9.59 Å². The zero-order chi connectivity index (χ0) is 18.1. The summed E-state index contributed by atoms with van der Waals surface area (Å²) >= 11 is 0. The van der Waals surface area contributed by atoms with E-state index in [4.69, 9.17) is 4.74 Å². The molecule has 2 aromatic rings. The smallest absolute Gasteiger partial charge is 0.321 e. The molecule has 0 aliphatic carbocycles. The monoisotopic (exact) mass is 341 g/mol. The van der Waals surface area contributed by atoms with Crippen molar-refractivity contribution in [1.29, 1.82) is 0 Å². The van der Waals surface area contributed by atoms with Crippen molar-refractivity contribution in [2.24, 2.45) is 0 Å². The van der Waals surface area contributed by atoms with Crippen LogP contribution in [0.3, 0.4) is 0 Å². The molecule has 0 aromatic heterocycles. The second kappa shape index (κ2) is 9.32. The largest absolute Gasteiger partial charge is 0.473 e. The van der Waals surface area contributed by atoms with E-state index < -0.39 is 0 Å². The van der Waals surface area contributed by atoms with Crippen LogP contribution in [-0.4, -0.2) is 18.7 Å². The van der Waals surface area contributed by atoms with Gasteiger partial charge < -0.3 is 20.7 Å². The highest BCUT2D eigenvalue weighted by Crippen LogP contribution is 2.14. The van der Waals surface area contributed by atoms with Gasteiger partial charge in [-0.15, -0.1) is 0 Å². The Bertz CT molecular complexity index is 697. The average Bonchev–Trinajstić information content (AvgIpc) is 2.58. The maximum absolute atomic E-state index is 11.8. The highest BCUT2D eigenvalue weighted by atomic mass is 16.5. The molecule has 25 heavy (non-hydrogen) atoms. The molecule has 132 valence electrons. The number of hydrogen-bond donors (Lipinski definition) is 3. The van der Waals surface area contributed by atoms with Gasteiger partial charge in [0.15, 0.2) is 6.73 Å². The van der Waals surface area contributed by atoms with Crippen LogP contribution in [0.2, 0.25) is 0 Å². The molecule has 2 aromatic carbocycles. The molecule has 0 saturated carbocycles. The van der Waals surface area contributed by atoms with E-state index in [-0.39, 0.29) is 18.7 Å². The standard InChI is InChI=1S/C19H23N3O3/c1-3-4-15-5-11-18(12-6-15)25-13-20-19(24)22-17-9-7-16(8-10-17)21-14(2)23/h5-12H,3-4,13H2,1-2H3,(H,21,23)(H2,20,22,24). The molecule has 0 aliphatic heterocycles. The van der Waals surface area contributed by atoms with Gasteiger partial charge >= 0.3 is 6.03 Å². The van der Waals surface area contributed by atoms with E-state index in [1.54, 1.807) is 24.3 Å². The van der Waals surface area contributed by atoms with Gasteiger partial charge in [0.2, 0.25) is 5.91 Å². The first kappa shape index (κ1) is 18.3. The Morgan fingerprint density at radius 1 is 0.920 bits per heavy atom. The third-order valence-corrected chi connectivity index (χ3v) is 3.40. The number of rotatable bonds is 7. The van der Waals surface area contributed by atoms with Crippen molar-refractivity contribution in [2.75, 3.05) is 17.4 Å². The minimum Gasteiger partial charge on any atom is -0.473 e. The number of anilines is 2. The highest BCUT2D eigenvalue weighted by Gasteiger charge is 2.02. The van der Waals surface area contributed by atoms with Crippen LogP contribution in [0.25, 0.3) is 0 Å². The molecule has 0 fully saturated rings. The summed E-state index contributed by atoms with van der Waals surface area (Å²) in [6.07, 6.45) is 2.15. The maximum Gasteiger partial charge on any atom is 0.321 e. The highest BCUT2D eigenvalue weighted by molar-refractivity contribution is 5.91. The van der Waals surface area contributed by atoms with E-state index >= 15 is 0 Å². The van der Waals surface area contributed by atoms with Gasteiger partial charge in [-0.1, -0.05) is 25.5 Å². The summed E-state index contributed by atoms with van der Waals surface area (Å²) in [4.78, 5) is 22.8. The Morgan fingerprint density at radius 3 is 2.08 bits per heavy atom. The van der Waals surface area contributed by atoms with Crippen LogP contribution < -0.4 is 20.7 Å². The first-order valence-corrected chi connectivity index (χ1v) is 8.21. The molecule has 0 aliphatic rings. The van der Waals surface area contributed by atoms with Gasteiger partial charge in [-0.25, -0.2) is 4.79 Å². The summed E-state index contributed by atoms with van der Waals surface area (Å²) in [5, 5.41) is 7.98. The normalized spacial score (nSPS) is 10.0. The quantitative estimate of drug-likeness (QED) is 0.671. The first-order chi connectivity index (χ1) is 12.1. The zero-order valence-electron chi connectivity index (χ0n) is 14.5. The number of benzene rings is 2. The Labute approximate surface area is 147 Å². The minimum atomic E-state index is -0.366. The second-order valence-electron chi connectivity index (χ2n) is 5.57. The van der Waals surface area contributed by atoms with Crippen LogP contribution in [-0.2, 0) is 11.2 Å². The fraction of sp³-hybridized carbons (Fsp3) is 0.263. The zero-order valence-corrected chi connectivity index (χ0v) is 14.5. The lowest BCUT2D eigenvalue weighted by Crippen LogP contribution is -2.32. The number of urea groups is 1. The molecule has 0 bridgehead atoms. The number of amides is 3. The van der Waals surface area contributed by atoms with E-state index in [1.807, 2.05) is 24.3 Å². The molecular weight excluding hydrogens is 318 g/mol. The second-order valence-corrected chi connectivity index (χ2v) is 5.57. The van der Waals surface area contributed by atoms with Gasteiger partial charge in [-0.05, 0) is 48.4 Å². The average molecular weight is 341 g/mol. The topological polar surface area (TPSA) is 79.5 Å². The van der Waals surface area contributed by atoms with Crippen molar-refractivity contribution in [3.05, 3.63) is 54.1 Å². The van der Waals surface area contributed by atoms with Gasteiger partial charge in [0.1, 0.15) is 5.75 Å². The van der Waals surface area contributed by atoms with Gasteiger partial charge in [0.25, 0.3) is 0 Å². The molecular formula is C19H23N3O3. The Hall–Kier alpha value is -3.02. The van der Waals surface area contributed by atoms with Crippen LogP contribution in [0.5, 0.6) is 5.75 Å². The van der Waals surface area contributed by atoms with Gasteiger partial charge in [-0.3, -0.25) is 4.79 Å². The van der Waals surface area contributed by atoms with Crippen LogP contribution in [0.1, 0.15) is 25.8 Å². The molecule has 2 rings (SSSR count). The van der Waals surface area contributed by atoms with Gasteiger partial charge in [0, 0.05) is 18.3 Å². The van der Waals surface area contributed by atoms with E-state index in [0.717, 1.165) is 12.8 Å². The predicted octanol–water partition coefficient (Wildman–Crippen LogP) is 3.76. The first-order valence-electron chi connectivity index (χ1n) is 8.21. The summed E-state index contributed by atoms with van der Waals surface area (Å²) < 4.78 is 5.49. The Kier molecular flexibility index (Phi) is 6.83. The van der Waals surface area contributed by atoms with Gasteiger partial charge in [0.05, 0.1) is 0 Å². The number of hydrogen-bond acceptors (Lipinski definition) is 3. The van der Waals surface area contributed by atoms with Crippen molar-refractivity contribution in [3.63, 3.8) is 0 Å². The fourth-order valence-corrected chi connectivity index (χ4v) is 2.24. The molecule has 3 N–H and O–H groups in total. The van der Waals surface area contributed by atoms with E-state index in [0.29, 0.717) is 17.1 Å². The van der Waals surface area contributed by atoms with Crippen LogP contribution in [0.15, 0.2) is 48.5 Å². The number of carbonyl (C=O) groups excluding carboxylic acids is 2.